The molecule has 1 aliphatic heterocycles. The molecular weight excluding hydrogens is 252 g/mol. The second kappa shape index (κ2) is 3.94. The molecule has 7 heteroatoms. The van der Waals surface area contributed by atoms with Gasteiger partial charge in [-0.3, -0.25) is 0 Å². The minimum absolute atomic E-state index is 0.209. The van der Waals surface area contributed by atoms with Crippen molar-refractivity contribution in [1.82, 2.24) is 14.6 Å². The van der Waals surface area contributed by atoms with E-state index >= 15 is 0 Å². The first kappa shape index (κ1) is 11.5. The summed E-state index contributed by atoms with van der Waals surface area (Å²) in [4.78, 5) is 4.28. The van der Waals surface area contributed by atoms with Crippen molar-refractivity contribution in [3.8, 4) is 0 Å². The number of nitrogen functional groups attached to an aromatic ring is 1. The summed E-state index contributed by atoms with van der Waals surface area (Å²) in [6, 6.07) is 1.69. The molecule has 0 unspecified atom stereocenters. The fourth-order valence-electron chi connectivity index (χ4n) is 2.42. The van der Waals surface area contributed by atoms with Gasteiger partial charge in [-0.1, -0.05) is 0 Å². The lowest BCUT2D eigenvalue weighted by Crippen LogP contribution is -2.22. The SMILES string of the molecule is Nc1ccnc2c(C3CCS(=O)(=O)CC3)cnn12. The minimum Gasteiger partial charge on any atom is -0.384 e. The zero-order chi connectivity index (χ0) is 12.8. The van der Waals surface area contributed by atoms with Crippen LogP contribution in [-0.4, -0.2) is 34.5 Å². The Balaban J connectivity index is 1.99. The van der Waals surface area contributed by atoms with Crippen LogP contribution in [0.5, 0.6) is 0 Å². The Hall–Kier alpha value is -1.63. The standard InChI is InChI=1S/C11H14N4O2S/c12-10-1-4-13-11-9(7-14-15(10)11)8-2-5-18(16,17)6-3-8/h1,4,7-8H,2-3,5-6,12H2. The van der Waals surface area contributed by atoms with Crippen molar-refractivity contribution in [3.05, 3.63) is 24.0 Å². The summed E-state index contributed by atoms with van der Waals surface area (Å²) >= 11 is 0. The number of anilines is 1. The molecule has 96 valence electrons. The van der Waals surface area contributed by atoms with Crippen LogP contribution in [0.25, 0.3) is 5.65 Å². The molecule has 6 nitrogen and oxygen atoms in total. The quantitative estimate of drug-likeness (QED) is 0.816. The van der Waals surface area contributed by atoms with Crippen LogP contribution in [0.4, 0.5) is 5.82 Å². The smallest absolute Gasteiger partial charge is 0.160 e. The fraction of sp³-hybridized carbons (Fsp3) is 0.455. The Morgan fingerprint density at radius 1 is 1.33 bits per heavy atom. The lowest BCUT2D eigenvalue weighted by atomic mass is 9.96. The van der Waals surface area contributed by atoms with E-state index in [0.717, 1.165) is 11.2 Å². The Morgan fingerprint density at radius 2 is 2.06 bits per heavy atom. The highest BCUT2D eigenvalue weighted by Crippen LogP contribution is 2.31. The van der Waals surface area contributed by atoms with Crippen LogP contribution in [0.1, 0.15) is 24.3 Å². The molecule has 0 atom stereocenters. The maximum atomic E-state index is 11.4. The number of nitrogens with zero attached hydrogens (tertiary/aromatic N) is 3. The van der Waals surface area contributed by atoms with Crippen molar-refractivity contribution in [2.24, 2.45) is 0 Å². The molecule has 0 radical (unpaired) electrons. The third-order valence-electron chi connectivity index (χ3n) is 3.45. The summed E-state index contributed by atoms with van der Waals surface area (Å²) in [6.07, 6.45) is 4.68. The van der Waals surface area contributed by atoms with Crippen molar-refractivity contribution in [1.29, 1.82) is 0 Å². The van der Waals surface area contributed by atoms with E-state index in [1.54, 1.807) is 23.0 Å². The van der Waals surface area contributed by atoms with Gasteiger partial charge in [0.2, 0.25) is 0 Å². The van der Waals surface area contributed by atoms with E-state index < -0.39 is 9.84 Å². The summed E-state index contributed by atoms with van der Waals surface area (Å²) in [5, 5.41) is 4.21. The van der Waals surface area contributed by atoms with Crippen LogP contribution >= 0.6 is 0 Å². The Morgan fingerprint density at radius 3 is 2.78 bits per heavy atom. The van der Waals surface area contributed by atoms with Crippen molar-refractivity contribution in [3.63, 3.8) is 0 Å². The molecule has 18 heavy (non-hydrogen) atoms. The molecule has 0 aromatic carbocycles. The Kier molecular flexibility index (Phi) is 2.51. The van der Waals surface area contributed by atoms with Gasteiger partial charge in [0.25, 0.3) is 0 Å². The molecule has 1 saturated heterocycles. The molecule has 2 aromatic rings. The van der Waals surface area contributed by atoms with Crippen molar-refractivity contribution < 1.29 is 8.42 Å². The number of sulfone groups is 1. The zero-order valence-corrected chi connectivity index (χ0v) is 10.6. The maximum absolute atomic E-state index is 11.4. The lowest BCUT2D eigenvalue weighted by Gasteiger charge is -2.20. The van der Waals surface area contributed by atoms with Crippen LogP contribution in [0.15, 0.2) is 18.5 Å². The topological polar surface area (TPSA) is 90.3 Å². The van der Waals surface area contributed by atoms with Crippen LogP contribution in [-0.2, 0) is 9.84 Å². The van der Waals surface area contributed by atoms with Gasteiger partial charge in [0.05, 0.1) is 17.7 Å². The van der Waals surface area contributed by atoms with E-state index in [1.165, 1.54) is 0 Å². The number of rotatable bonds is 1. The molecule has 0 saturated carbocycles. The molecule has 0 spiro atoms. The van der Waals surface area contributed by atoms with Gasteiger partial charge in [0.1, 0.15) is 15.7 Å². The molecule has 2 aromatic heterocycles. The number of aromatic nitrogens is 3. The van der Waals surface area contributed by atoms with Crippen molar-refractivity contribution in [2.75, 3.05) is 17.2 Å². The number of hydrogen-bond acceptors (Lipinski definition) is 5. The number of fused-ring (bicyclic) bond motifs is 1. The highest BCUT2D eigenvalue weighted by atomic mass is 32.2. The predicted octanol–water partition coefficient (Wildman–Crippen LogP) is 0.604. The van der Waals surface area contributed by atoms with Crippen molar-refractivity contribution >= 4 is 21.3 Å². The van der Waals surface area contributed by atoms with Gasteiger partial charge in [-0.15, -0.1) is 0 Å². The second-order valence-corrected chi connectivity index (χ2v) is 6.93. The monoisotopic (exact) mass is 266 g/mol. The summed E-state index contributed by atoms with van der Waals surface area (Å²) in [5.41, 5.74) is 7.54. The predicted molar refractivity (Wildman–Crippen MR) is 68.0 cm³/mol. The summed E-state index contributed by atoms with van der Waals surface area (Å²) in [5.74, 6) is 1.24. The van der Waals surface area contributed by atoms with E-state index in [4.69, 9.17) is 5.73 Å². The van der Waals surface area contributed by atoms with Gasteiger partial charge in [-0.05, 0) is 24.8 Å². The van der Waals surface area contributed by atoms with Gasteiger partial charge in [0.15, 0.2) is 5.65 Å². The lowest BCUT2D eigenvalue weighted by molar-refractivity contribution is 0.551. The molecule has 0 aliphatic carbocycles. The largest absolute Gasteiger partial charge is 0.384 e. The average molecular weight is 266 g/mol. The van der Waals surface area contributed by atoms with E-state index in [-0.39, 0.29) is 17.4 Å². The van der Waals surface area contributed by atoms with E-state index in [9.17, 15) is 8.42 Å². The van der Waals surface area contributed by atoms with E-state index in [2.05, 4.69) is 10.1 Å². The van der Waals surface area contributed by atoms with E-state index in [0.29, 0.717) is 18.7 Å². The van der Waals surface area contributed by atoms with Crippen LogP contribution in [0, 0.1) is 0 Å². The normalized spacial score (nSPS) is 20.2. The summed E-state index contributed by atoms with van der Waals surface area (Å²) < 4.78 is 24.4. The van der Waals surface area contributed by atoms with Crippen LogP contribution in [0.3, 0.4) is 0 Å². The molecule has 1 fully saturated rings. The van der Waals surface area contributed by atoms with Gasteiger partial charge in [-0.2, -0.15) is 9.61 Å². The molecule has 2 N–H and O–H groups in total. The third kappa shape index (κ3) is 1.84. The van der Waals surface area contributed by atoms with Gasteiger partial charge < -0.3 is 5.73 Å². The zero-order valence-electron chi connectivity index (χ0n) is 9.78. The first-order valence-electron chi connectivity index (χ1n) is 5.85. The number of nitrogens with two attached hydrogens (primary N) is 1. The fourth-order valence-corrected chi connectivity index (χ4v) is 3.91. The van der Waals surface area contributed by atoms with Crippen LogP contribution < -0.4 is 5.73 Å². The molecular formula is C11H14N4O2S. The Labute approximate surface area is 105 Å². The minimum atomic E-state index is -2.84. The Bertz CT molecular complexity index is 678. The molecule has 3 heterocycles. The first-order chi connectivity index (χ1) is 8.57. The highest BCUT2D eigenvalue weighted by Gasteiger charge is 2.27. The average Bonchev–Trinajstić information content (AvgIpc) is 2.74. The molecule has 3 rings (SSSR count). The number of hydrogen-bond donors (Lipinski definition) is 1. The second-order valence-electron chi connectivity index (χ2n) is 4.63. The van der Waals surface area contributed by atoms with Gasteiger partial charge in [0, 0.05) is 11.8 Å². The molecule has 0 amide bonds. The molecule has 0 bridgehead atoms. The molecule has 1 aliphatic rings. The van der Waals surface area contributed by atoms with Crippen LogP contribution in [0.2, 0.25) is 0 Å². The maximum Gasteiger partial charge on any atom is 0.160 e. The highest BCUT2D eigenvalue weighted by molar-refractivity contribution is 7.91. The first-order valence-corrected chi connectivity index (χ1v) is 7.67. The van der Waals surface area contributed by atoms with Gasteiger partial charge in [-0.25, -0.2) is 13.4 Å². The van der Waals surface area contributed by atoms with E-state index in [1.807, 2.05) is 0 Å². The summed E-state index contributed by atoms with van der Waals surface area (Å²) in [6.45, 7) is 0. The third-order valence-corrected chi connectivity index (χ3v) is 5.17. The van der Waals surface area contributed by atoms with Crippen molar-refractivity contribution in [2.45, 2.75) is 18.8 Å². The summed E-state index contributed by atoms with van der Waals surface area (Å²) in [7, 11) is -2.84. The van der Waals surface area contributed by atoms with Gasteiger partial charge >= 0.3 is 0 Å².